The zero-order valence-corrected chi connectivity index (χ0v) is 21.9. The molecule has 0 saturated heterocycles. The van der Waals surface area contributed by atoms with Crippen LogP contribution in [0, 0.1) is 0 Å². The predicted octanol–water partition coefficient (Wildman–Crippen LogP) is 6.67. The van der Waals surface area contributed by atoms with E-state index in [-0.39, 0.29) is 11.5 Å². The second kappa shape index (κ2) is 8.52. The molecule has 0 heterocycles. The third-order valence-corrected chi connectivity index (χ3v) is 10.5. The number of nitrogens with zero attached hydrogens (tertiary/aromatic N) is 2. The van der Waals surface area contributed by atoms with Crippen molar-refractivity contribution in [1.82, 2.24) is 0 Å². The van der Waals surface area contributed by atoms with E-state index in [0.717, 1.165) is 0 Å². The fourth-order valence-corrected chi connectivity index (χ4v) is 4.38. The van der Waals surface area contributed by atoms with Gasteiger partial charge in [-0.2, -0.15) is 10.2 Å². The minimum atomic E-state index is -2.17. The Hall–Kier alpha value is -2.80. The van der Waals surface area contributed by atoms with Crippen LogP contribution in [0.4, 0.5) is 5.69 Å². The standard InChI is InChI=1S/C26H34N2O4Si/c1-24(2,3)31-23(30)26(28-27-18-13-10-9-11-14-18)17-20-19(22(26)29)15-12-16-21(20)32-33(7,8)25(4,5)6/h9-16H,17H2,1-8H3/t26-/m1/s1. The largest absolute Gasteiger partial charge is 0.543 e. The molecule has 0 aliphatic heterocycles. The summed E-state index contributed by atoms with van der Waals surface area (Å²) in [6.45, 7) is 16.1. The van der Waals surface area contributed by atoms with Gasteiger partial charge in [0.05, 0.1) is 5.69 Å². The lowest BCUT2D eigenvalue weighted by Crippen LogP contribution is -2.47. The van der Waals surface area contributed by atoms with Gasteiger partial charge in [-0.05, 0) is 57.1 Å². The van der Waals surface area contributed by atoms with Gasteiger partial charge in [0.1, 0.15) is 11.4 Å². The summed E-state index contributed by atoms with van der Waals surface area (Å²) in [7, 11) is -2.17. The summed E-state index contributed by atoms with van der Waals surface area (Å²) in [5.41, 5.74) is -0.878. The number of azo groups is 1. The van der Waals surface area contributed by atoms with Crippen LogP contribution >= 0.6 is 0 Å². The molecular weight excluding hydrogens is 432 g/mol. The molecule has 0 saturated carbocycles. The van der Waals surface area contributed by atoms with E-state index in [0.29, 0.717) is 22.6 Å². The van der Waals surface area contributed by atoms with Crippen LogP contribution in [0.3, 0.4) is 0 Å². The van der Waals surface area contributed by atoms with E-state index in [1.165, 1.54) is 0 Å². The smallest absolute Gasteiger partial charge is 0.345 e. The number of ether oxygens (including phenoxy) is 1. The van der Waals surface area contributed by atoms with Crippen molar-refractivity contribution in [3.63, 3.8) is 0 Å². The first kappa shape index (κ1) is 24.8. The Balaban J connectivity index is 2.09. The highest BCUT2D eigenvalue weighted by molar-refractivity contribution is 6.74. The van der Waals surface area contributed by atoms with Crippen molar-refractivity contribution in [2.45, 2.75) is 77.2 Å². The van der Waals surface area contributed by atoms with E-state index in [1.54, 1.807) is 45.0 Å². The Morgan fingerprint density at radius 1 is 0.970 bits per heavy atom. The third kappa shape index (κ3) is 5.08. The number of carbonyl (C=O) groups is 2. The minimum absolute atomic E-state index is 0.0202. The van der Waals surface area contributed by atoms with Gasteiger partial charge in [0.25, 0.3) is 0 Å². The predicted molar refractivity (Wildman–Crippen MR) is 132 cm³/mol. The van der Waals surface area contributed by atoms with Crippen LogP contribution in [0.1, 0.15) is 57.5 Å². The lowest BCUT2D eigenvalue weighted by Gasteiger charge is -2.37. The van der Waals surface area contributed by atoms with Crippen molar-refractivity contribution in [1.29, 1.82) is 0 Å². The highest BCUT2D eigenvalue weighted by atomic mass is 28.4. The van der Waals surface area contributed by atoms with E-state index < -0.39 is 31.2 Å². The van der Waals surface area contributed by atoms with E-state index in [2.05, 4.69) is 44.1 Å². The van der Waals surface area contributed by atoms with E-state index in [1.807, 2.05) is 24.3 Å². The fraction of sp³-hybridized carbons (Fsp3) is 0.462. The molecule has 3 rings (SSSR count). The zero-order valence-electron chi connectivity index (χ0n) is 20.9. The van der Waals surface area contributed by atoms with Gasteiger partial charge in [-0.3, -0.25) is 4.79 Å². The van der Waals surface area contributed by atoms with Gasteiger partial charge in [0.2, 0.25) is 19.6 Å². The molecule has 0 amide bonds. The summed E-state index contributed by atoms with van der Waals surface area (Å²) in [5.74, 6) is -0.478. The van der Waals surface area contributed by atoms with Gasteiger partial charge in [0.15, 0.2) is 0 Å². The van der Waals surface area contributed by atoms with Crippen molar-refractivity contribution in [2.75, 3.05) is 0 Å². The maximum absolute atomic E-state index is 13.7. The highest BCUT2D eigenvalue weighted by Crippen LogP contribution is 2.44. The molecule has 1 aliphatic rings. The number of rotatable bonds is 5. The Bertz CT molecular complexity index is 1080. The molecule has 33 heavy (non-hydrogen) atoms. The van der Waals surface area contributed by atoms with Crippen LogP contribution in [0.15, 0.2) is 58.8 Å². The molecule has 0 fully saturated rings. The first-order chi connectivity index (χ1) is 15.2. The number of carbonyl (C=O) groups excluding carboxylic acids is 2. The average Bonchev–Trinajstić information content (AvgIpc) is 2.99. The maximum Gasteiger partial charge on any atom is 0.345 e. The first-order valence-corrected chi connectivity index (χ1v) is 14.1. The van der Waals surface area contributed by atoms with Gasteiger partial charge in [0, 0.05) is 17.5 Å². The number of ketones is 1. The minimum Gasteiger partial charge on any atom is -0.543 e. The van der Waals surface area contributed by atoms with Crippen molar-refractivity contribution in [3.05, 3.63) is 59.7 Å². The lowest BCUT2D eigenvalue weighted by molar-refractivity contribution is -0.159. The monoisotopic (exact) mass is 466 g/mol. The molecule has 0 unspecified atom stereocenters. The SMILES string of the molecule is CC(C)(C)OC(=O)[C@@]1(N=Nc2ccccc2)Cc2c(O[Si](C)(C)C(C)(C)C)cccc2C1=O. The zero-order chi connectivity index (χ0) is 24.7. The van der Waals surface area contributed by atoms with Gasteiger partial charge in [-0.1, -0.05) is 51.1 Å². The Kier molecular flexibility index (Phi) is 6.41. The quantitative estimate of drug-likeness (QED) is 0.213. The molecule has 2 aromatic carbocycles. The topological polar surface area (TPSA) is 77.3 Å². The van der Waals surface area contributed by atoms with Crippen molar-refractivity contribution in [2.24, 2.45) is 10.2 Å². The lowest BCUT2D eigenvalue weighted by atomic mass is 9.95. The van der Waals surface area contributed by atoms with Crippen LogP contribution in [0.2, 0.25) is 18.1 Å². The molecule has 6 nitrogen and oxygen atoms in total. The molecule has 1 atom stereocenters. The van der Waals surface area contributed by atoms with E-state index >= 15 is 0 Å². The second-order valence-corrected chi connectivity index (χ2v) is 15.8. The number of hydrogen-bond acceptors (Lipinski definition) is 6. The number of Topliss-reactive ketones (excluding diaryl/α,β-unsaturated/α-hetero) is 1. The summed E-state index contributed by atoms with van der Waals surface area (Å²) in [6.07, 6.45) is 0.0528. The molecule has 7 heteroatoms. The summed E-state index contributed by atoms with van der Waals surface area (Å²) in [4.78, 5) is 27.1. The van der Waals surface area contributed by atoms with Crippen molar-refractivity contribution in [3.8, 4) is 5.75 Å². The molecule has 0 radical (unpaired) electrons. The molecule has 0 N–H and O–H groups in total. The molecular formula is C26H34N2O4Si. The van der Waals surface area contributed by atoms with Crippen LogP contribution in [-0.4, -0.2) is 31.2 Å². The third-order valence-electron chi connectivity index (χ3n) is 6.19. The molecule has 1 aliphatic carbocycles. The van der Waals surface area contributed by atoms with Gasteiger partial charge in [-0.15, -0.1) is 0 Å². The molecule has 0 aromatic heterocycles. The normalized spacial score (nSPS) is 19.0. The fourth-order valence-electron chi connectivity index (χ4n) is 3.33. The Morgan fingerprint density at radius 3 is 2.18 bits per heavy atom. The van der Waals surface area contributed by atoms with Crippen LogP contribution in [-0.2, 0) is 16.0 Å². The Morgan fingerprint density at radius 2 is 1.61 bits per heavy atom. The van der Waals surface area contributed by atoms with Crippen LogP contribution < -0.4 is 4.43 Å². The molecule has 176 valence electrons. The number of hydrogen-bond donors (Lipinski definition) is 0. The van der Waals surface area contributed by atoms with Crippen molar-refractivity contribution < 1.29 is 18.8 Å². The molecule has 0 spiro atoms. The summed E-state index contributed by atoms with van der Waals surface area (Å²) in [5, 5.41) is 8.59. The van der Waals surface area contributed by atoms with Gasteiger partial charge >= 0.3 is 5.97 Å². The van der Waals surface area contributed by atoms with E-state index in [4.69, 9.17) is 9.16 Å². The number of fused-ring (bicyclic) bond motifs is 1. The first-order valence-electron chi connectivity index (χ1n) is 11.2. The number of esters is 1. The summed E-state index contributed by atoms with van der Waals surface area (Å²) < 4.78 is 12.2. The van der Waals surface area contributed by atoms with Gasteiger partial charge in [-0.25, -0.2) is 4.79 Å². The number of benzene rings is 2. The summed E-state index contributed by atoms with van der Waals surface area (Å²) in [6, 6.07) is 14.4. The van der Waals surface area contributed by atoms with Crippen LogP contribution in [0.5, 0.6) is 5.75 Å². The van der Waals surface area contributed by atoms with Crippen LogP contribution in [0.25, 0.3) is 0 Å². The molecule has 0 bridgehead atoms. The average molecular weight is 467 g/mol. The van der Waals surface area contributed by atoms with Gasteiger partial charge < -0.3 is 9.16 Å². The van der Waals surface area contributed by atoms with E-state index in [9.17, 15) is 9.59 Å². The second-order valence-electron chi connectivity index (χ2n) is 11.0. The maximum atomic E-state index is 13.7. The Labute approximate surface area is 197 Å². The highest BCUT2D eigenvalue weighted by Gasteiger charge is 2.56. The molecule has 2 aromatic rings. The summed E-state index contributed by atoms with van der Waals surface area (Å²) >= 11 is 0. The van der Waals surface area contributed by atoms with Crippen molar-refractivity contribution >= 4 is 25.8 Å².